The van der Waals surface area contributed by atoms with Crippen LogP contribution in [-0.2, 0) is 34.8 Å². The maximum Gasteiger partial charge on any atom is 0.508 e. The van der Waals surface area contributed by atoms with Crippen LogP contribution in [-0.4, -0.2) is 78.5 Å². The number of ether oxygens (including phenoxy) is 1. The topological polar surface area (TPSA) is 242 Å². The van der Waals surface area contributed by atoms with E-state index in [0.717, 1.165) is 10.8 Å². The highest BCUT2D eigenvalue weighted by atomic mass is 31.3. The second kappa shape index (κ2) is 8.05. The molecule has 0 bridgehead atoms. The van der Waals surface area contributed by atoms with Gasteiger partial charge in [0.05, 0.1) is 6.33 Å². The molecule has 1 fully saturated rings. The Morgan fingerprint density at radius 2 is 1.91 bits per heavy atom. The Labute approximate surface area is 176 Å². The van der Waals surface area contributed by atoms with Gasteiger partial charge in [-0.2, -0.15) is 18.9 Å². The maximum atomic E-state index is 12.5. The monoisotopic (exact) mass is 498 g/mol. The fourth-order valence-electron chi connectivity index (χ4n) is 3.06. The first-order valence-electron chi connectivity index (χ1n) is 8.57. The van der Waals surface area contributed by atoms with Crippen LogP contribution >= 0.6 is 15.6 Å². The van der Waals surface area contributed by atoms with E-state index in [1.54, 1.807) is 7.05 Å². The summed E-state index contributed by atoms with van der Waals surface area (Å²) in [7, 11) is -9.03. The molecule has 0 saturated carbocycles. The average molecular weight is 498 g/mol. The third-order valence-electron chi connectivity index (χ3n) is 4.41. The zero-order chi connectivity index (χ0) is 23.4. The zero-order valence-corrected chi connectivity index (χ0v) is 17.6. The van der Waals surface area contributed by atoms with Crippen LogP contribution in [0.1, 0.15) is 6.23 Å². The molecule has 0 amide bonds. The molecule has 1 saturated heterocycles. The summed E-state index contributed by atoms with van der Waals surface area (Å²) in [5, 5.41) is 24.5. The summed E-state index contributed by atoms with van der Waals surface area (Å²) in [5.74, 6) is 0.175. The third-order valence-corrected chi connectivity index (χ3v) is 6.38. The number of imidazole rings is 1. The van der Waals surface area contributed by atoms with Gasteiger partial charge in [0.15, 0.2) is 17.4 Å². The van der Waals surface area contributed by atoms with Crippen LogP contribution in [0.3, 0.4) is 0 Å². The van der Waals surface area contributed by atoms with Crippen molar-refractivity contribution in [2.45, 2.75) is 24.5 Å². The number of hydrogen-bond donors (Lipinski definition) is 5. The predicted octanol–water partition coefficient (Wildman–Crippen LogP) is -2.45. The predicted molar refractivity (Wildman–Crippen MR) is 97.4 cm³/mol. The van der Waals surface area contributed by atoms with Crippen molar-refractivity contribution in [1.82, 2.24) is 28.7 Å². The van der Waals surface area contributed by atoms with Gasteiger partial charge in [-0.05, 0) is 0 Å². The molecule has 0 aromatic carbocycles. The molecule has 0 radical (unpaired) electrons. The van der Waals surface area contributed by atoms with Crippen LogP contribution in [0.5, 0.6) is 0 Å². The molecule has 1 aliphatic heterocycles. The van der Waals surface area contributed by atoms with Gasteiger partial charge in [-0.1, -0.05) is 0 Å². The Bertz CT molecular complexity index is 1310. The number of aliphatic hydroxyl groups is 2. The van der Waals surface area contributed by atoms with Gasteiger partial charge < -0.3 is 34.2 Å². The van der Waals surface area contributed by atoms with E-state index in [0.29, 0.717) is 0 Å². The van der Waals surface area contributed by atoms with E-state index in [2.05, 4.69) is 28.9 Å². The highest BCUT2D eigenvalue weighted by Gasteiger charge is 2.45. The van der Waals surface area contributed by atoms with E-state index in [-0.39, 0.29) is 16.9 Å². The van der Waals surface area contributed by atoms with Gasteiger partial charge >= 0.3 is 21.2 Å². The van der Waals surface area contributed by atoms with E-state index < -0.39 is 52.4 Å². The first-order valence-corrected chi connectivity index (χ1v) is 11.6. The van der Waals surface area contributed by atoms with Gasteiger partial charge in [0.2, 0.25) is 5.78 Å². The van der Waals surface area contributed by atoms with Crippen LogP contribution in [0.4, 0.5) is 0 Å². The molecular weight excluding hydrogens is 482 g/mol. The lowest BCUT2D eigenvalue weighted by Gasteiger charge is -2.16. The van der Waals surface area contributed by atoms with Gasteiger partial charge in [0.1, 0.15) is 31.2 Å². The Morgan fingerprint density at radius 1 is 1.19 bits per heavy atom. The van der Waals surface area contributed by atoms with Crippen LogP contribution in [0.15, 0.2) is 17.4 Å². The van der Waals surface area contributed by atoms with Crippen molar-refractivity contribution in [3.8, 4) is 0 Å². The second-order valence-electron chi connectivity index (χ2n) is 6.64. The number of aromatic nitrogens is 6. The zero-order valence-electron chi connectivity index (χ0n) is 15.8. The van der Waals surface area contributed by atoms with E-state index in [9.17, 15) is 24.1 Å². The fourth-order valence-corrected chi connectivity index (χ4v) is 4.44. The van der Waals surface area contributed by atoms with Gasteiger partial charge in [-0.15, -0.1) is 4.67 Å². The standard InChI is InChI=1S/C12H16N6O12P2/c1-16-4-14-18-10(21)6-9(15-12(16)18)17(3-13-6)11-8(20)7(19)5(28-11)2-27-29-32(25,26)30-31(22,23)24/h3-5,7-8,11,19-20H,2H2,1H3,(H,25,26)(H2,22,23,24)/t5-,7-,8-,11-/m1/s1. The summed E-state index contributed by atoms with van der Waals surface area (Å²) in [6.45, 7) is -0.752. The third kappa shape index (κ3) is 4.26. The molecule has 18 nitrogen and oxygen atoms in total. The summed E-state index contributed by atoms with van der Waals surface area (Å²) < 4.78 is 38.7. The van der Waals surface area contributed by atoms with E-state index >= 15 is 0 Å². The van der Waals surface area contributed by atoms with Crippen LogP contribution < -0.4 is 5.56 Å². The minimum absolute atomic E-state index is 0.0302. The number of hydrogen-bond acceptors (Lipinski definition) is 12. The maximum absolute atomic E-state index is 12.5. The highest BCUT2D eigenvalue weighted by molar-refractivity contribution is 7.60. The average Bonchev–Trinajstić information content (AvgIpc) is 3.33. The number of nitrogens with zero attached hydrogens (tertiary/aromatic N) is 6. The van der Waals surface area contributed by atoms with Crippen molar-refractivity contribution in [3.05, 3.63) is 23.0 Å². The molecule has 1 unspecified atom stereocenters. The molecule has 5 N–H and O–H groups in total. The molecule has 0 aliphatic carbocycles. The Kier molecular flexibility index (Phi) is 5.81. The van der Waals surface area contributed by atoms with E-state index in [1.165, 1.54) is 15.5 Å². The summed E-state index contributed by atoms with van der Waals surface area (Å²) in [5.41, 5.74) is -0.623. The van der Waals surface area contributed by atoms with E-state index in [1.807, 2.05) is 0 Å². The number of fused-ring (bicyclic) bond motifs is 2. The Balaban J connectivity index is 1.53. The SMILES string of the molecule is Cn1cnn2c(=O)c3ncn([C@@H]4O[C@H](COOP(=O)(O)OP(=O)(O)O)[C@@H](O)[C@H]4O)c3nc12. The van der Waals surface area contributed by atoms with Gasteiger partial charge in [-0.25, -0.2) is 19.0 Å². The highest BCUT2D eigenvalue weighted by Crippen LogP contribution is 2.57. The van der Waals surface area contributed by atoms with Crippen molar-refractivity contribution in [3.63, 3.8) is 0 Å². The molecule has 20 heteroatoms. The van der Waals surface area contributed by atoms with E-state index in [4.69, 9.17) is 19.4 Å². The smallest absolute Gasteiger partial charge is 0.387 e. The largest absolute Gasteiger partial charge is 0.508 e. The second-order valence-corrected chi connectivity index (χ2v) is 9.36. The lowest BCUT2D eigenvalue weighted by atomic mass is 10.1. The molecule has 4 heterocycles. The quantitative estimate of drug-likeness (QED) is 0.129. The molecule has 176 valence electrons. The molecule has 32 heavy (non-hydrogen) atoms. The van der Waals surface area contributed by atoms with Crippen LogP contribution in [0.25, 0.3) is 16.9 Å². The van der Waals surface area contributed by atoms with Crippen LogP contribution in [0, 0.1) is 0 Å². The van der Waals surface area contributed by atoms with Crippen molar-refractivity contribution in [2.75, 3.05) is 6.61 Å². The summed E-state index contributed by atoms with van der Waals surface area (Å²) >= 11 is 0. The Morgan fingerprint density at radius 3 is 2.59 bits per heavy atom. The van der Waals surface area contributed by atoms with Crippen LogP contribution in [0.2, 0.25) is 0 Å². The fraction of sp³-hybridized carbons (Fsp3) is 0.500. The number of aliphatic hydroxyl groups excluding tert-OH is 2. The minimum Gasteiger partial charge on any atom is -0.387 e. The molecular formula is C12H16N6O12P2. The summed E-state index contributed by atoms with van der Waals surface area (Å²) in [4.78, 5) is 51.4. The minimum atomic E-state index is -5.35. The molecule has 3 aromatic heterocycles. The van der Waals surface area contributed by atoms with Gasteiger partial charge in [0.25, 0.3) is 0 Å². The van der Waals surface area contributed by atoms with Crippen molar-refractivity contribution in [1.29, 1.82) is 0 Å². The lowest BCUT2D eigenvalue weighted by Crippen LogP contribution is -2.33. The molecule has 3 aromatic rings. The number of rotatable bonds is 7. The first-order chi connectivity index (χ1) is 14.9. The van der Waals surface area contributed by atoms with Crippen molar-refractivity contribution < 1.29 is 52.6 Å². The Hall–Kier alpha value is -2.08. The normalized spacial score (nSPS) is 26.2. The number of phosphoric acid groups is 2. The molecule has 0 spiro atoms. The summed E-state index contributed by atoms with van der Waals surface area (Å²) in [6, 6.07) is 0. The number of aryl methyl sites for hydroxylation is 1. The van der Waals surface area contributed by atoms with Crippen molar-refractivity contribution >= 4 is 32.6 Å². The summed E-state index contributed by atoms with van der Waals surface area (Å²) in [6.07, 6.45) is -3.26. The lowest BCUT2D eigenvalue weighted by molar-refractivity contribution is -0.245. The van der Waals surface area contributed by atoms with Gasteiger partial charge in [0, 0.05) is 7.05 Å². The molecule has 1 aliphatic rings. The molecule has 5 atom stereocenters. The van der Waals surface area contributed by atoms with Gasteiger partial charge in [-0.3, -0.25) is 9.36 Å². The van der Waals surface area contributed by atoms with Crippen molar-refractivity contribution in [2.24, 2.45) is 7.05 Å². The molecule has 4 rings (SSSR count). The first kappa shape index (κ1) is 23.1.